The fourth-order valence-electron chi connectivity index (χ4n) is 3.63. The maximum atomic E-state index is 5.17. The molecule has 1 saturated heterocycles. The minimum absolute atomic E-state index is 0.552. The first-order chi connectivity index (χ1) is 9.88. The lowest BCUT2D eigenvalue weighted by molar-refractivity contribution is 0.160. The van der Waals surface area contributed by atoms with Gasteiger partial charge in [0.05, 0.1) is 12.6 Å². The van der Waals surface area contributed by atoms with Crippen molar-refractivity contribution in [2.45, 2.75) is 50.5 Å². The molecule has 5 heteroatoms. The van der Waals surface area contributed by atoms with E-state index in [0.29, 0.717) is 12.0 Å². The van der Waals surface area contributed by atoms with Crippen molar-refractivity contribution in [3.63, 3.8) is 0 Å². The van der Waals surface area contributed by atoms with Crippen LogP contribution in [-0.4, -0.2) is 53.0 Å². The van der Waals surface area contributed by atoms with Crippen molar-refractivity contribution in [3.8, 4) is 0 Å². The lowest BCUT2D eigenvalue weighted by Crippen LogP contribution is -2.25. The molecule has 0 bridgehead atoms. The summed E-state index contributed by atoms with van der Waals surface area (Å²) in [7, 11) is 1.77. The number of methoxy groups -OCH3 is 1. The molecule has 112 valence electrons. The number of rotatable bonds is 5. The first-order valence-electron chi connectivity index (χ1n) is 7.99. The summed E-state index contributed by atoms with van der Waals surface area (Å²) in [4.78, 5) is 7.06. The Balaban J connectivity index is 1.64. The quantitative estimate of drug-likeness (QED) is 0.828. The molecular weight excluding hydrogens is 252 g/mol. The summed E-state index contributed by atoms with van der Waals surface area (Å²) in [6.45, 7) is 4.12. The number of aromatic nitrogens is 3. The van der Waals surface area contributed by atoms with Crippen molar-refractivity contribution < 1.29 is 4.74 Å². The number of hydrogen-bond donors (Lipinski definition) is 0. The average molecular weight is 278 g/mol. The van der Waals surface area contributed by atoms with Crippen molar-refractivity contribution in [2.75, 3.05) is 33.4 Å². The second-order valence-corrected chi connectivity index (χ2v) is 6.13. The average Bonchev–Trinajstić information content (AvgIpc) is 3.14. The summed E-state index contributed by atoms with van der Waals surface area (Å²) in [5, 5.41) is 4.53. The summed E-state index contributed by atoms with van der Waals surface area (Å²) < 4.78 is 7.41. The lowest BCUT2D eigenvalue weighted by Gasteiger charge is -2.24. The molecule has 2 heterocycles. The Labute approximate surface area is 121 Å². The first-order valence-corrected chi connectivity index (χ1v) is 7.99. The van der Waals surface area contributed by atoms with E-state index in [9.17, 15) is 0 Å². The summed E-state index contributed by atoms with van der Waals surface area (Å²) in [5.41, 5.74) is 0. The van der Waals surface area contributed by atoms with Gasteiger partial charge in [-0.1, -0.05) is 19.3 Å². The van der Waals surface area contributed by atoms with E-state index in [1.54, 1.807) is 13.4 Å². The van der Waals surface area contributed by atoms with Crippen LogP contribution in [0.15, 0.2) is 6.33 Å². The van der Waals surface area contributed by atoms with E-state index < -0.39 is 0 Å². The fraction of sp³-hybridized carbons (Fsp3) is 0.867. The number of hydrogen-bond acceptors (Lipinski definition) is 4. The minimum Gasteiger partial charge on any atom is -0.383 e. The second-order valence-electron chi connectivity index (χ2n) is 6.13. The van der Waals surface area contributed by atoms with Crippen LogP contribution in [0.2, 0.25) is 0 Å². The summed E-state index contributed by atoms with van der Waals surface area (Å²) in [5.74, 6) is 1.77. The van der Waals surface area contributed by atoms with Gasteiger partial charge in [-0.2, -0.15) is 5.10 Å². The molecule has 20 heavy (non-hydrogen) atoms. The molecule has 2 fully saturated rings. The third kappa shape index (κ3) is 3.04. The molecule has 3 rings (SSSR count). The van der Waals surface area contributed by atoms with E-state index >= 15 is 0 Å². The zero-order valence-electron chi connectivity index (χ0n) is 12.5. The molecular formula is C15H26N4O. The van der Waals surface area contributed by atoms with E-state index in [1.807, 2.05) is 0 Å². The molecule has 1 aromatic heterocycles. The Morgan fingerprint density at radius 2 is 2.10 bits per heavy atom. The topological polar surface area (TPSA) is 43.2 Å². The fourth-order valence-corrected chi connectivity index (χ4v) is 3.63. The largest absolute Gasteiger partial charge is 0.383 e. The van der Waals surface area contributed by atoms with Gasteiger partial charge in [-0.25, -0.2) is 9.67 Å². The smallest absolute Gasteiger partial charge is 0.138 e. The van der Waals surface area contributed by atoms with E-state index in [-0.39, 0.29) is 0 Å². The van der Waals surface area contributed by atoms with Crippen molar-refractivity contribution in [2.24, 2.45) is 0 Å². The SMILES string of the molecule is COCCN1CC[C@H](c2ncnn2C2CCCCC2)C1. The van der Waals surface area contributed by atoms with Crippen LogP contribution in [0.3, 0.4) is 0 Å². The minimum atomic E-state index is 0.552. The van der Waals surface area contributed by atoms with Crippen LogP contribution in [-0.2, 0) is 4.74 Å². The molecule has 1 aliphatic carbocycles. The molecule has 1 aromatic rings. The summed E-state index contributed by atoms with van der Waals surface area (Å²) >= 11 is 0. The van der Waals surface area contributed by atoms with Crippen LogP contribution in [0.5, 0.6) is 0 Å². The molecule has 0 unspecified atom stereocenters. The predicted molar refractivity (Wildman–Crippen MR) is 77.8 cm³/mol. The molecule has 0 spiro atoms. The number of nitrogens with zero attached hydrogens (tertiary/aromatic N) is 4. The molecule has 0 N–H and O–H groups in total. The van der Waals surface area contributed by atoms with Gasteiger partial charge in [0.2, 0.25) is 0 Å². The third-order valence-corrected chi connectivity index (χ3v) is 4.77. The molecule has 5 nitrogen and oxygen atoms in total. The van der Waals surface area contributed by atoms with Crippen LogP contribution in [0.1, 0.15) is 56.3 Å². The maximum Gasteiger partial charge on any atom is 0.138 e. The Kier molecular flexibility index (Phi) is 4.68. The van der Waals surface area contributed by atoms with Crippen molar-refractivity contribution in [1.82, 2.24) is 19.7 Å². The Bertz CT molecular complexity index is 414. The van der Waals surface area contributed by atoms with Gasteiger partial charge < -0.3 is 9.64 Å². The highest BCUT2D eigenvalue weighted by Crippen LogP contribution is 2.32. The van der Waals surface area contributed by atoms with Gasteiger partial charge in [-0.05, 0) is 25.8 Å². The third-order valence-electron chi connectivity index (χ3n) is 4.77. The Morgan fingerprint density at radius 3 is 2.90 bits per heavy atom. The normalized spacial score (nSPS) is 25.4. The van der Waals surface area contributed by atoms with Gasteiger partial charge in [0.15, 0.2) is 0 Å². The maximum absolute atomic E-state index is 5.17. The van der Waals surface area contributed by atoms with Crippen LogP contribution >= 0.6 is 0 Å². The van der Waals surface area contributed by atoms with Gasteiger partial charge in [-0.3, -0.25) is 0 Å². The Morgan fingerprint density at radius 1 is 1.25 bits per heavy atom. The Hall–Kier alpha value is -0.940. The van der Waals surface area contributed by atoms with Gasteiger partial charge >= 0.3 is 0 Å². The van der Waals surface area contributed by atoms with E-state index in [0.717, 1.165) is 26.2 Å². The number of likely N-dealkylation sites (tertiary alicyclic amines) is 1. The van der Waals surface area contributed by atoms with Crippen molar-refractivity contribution >= 4 is 0 Å². The van der Waals surface area contributed by atoms with Crippen LogP contribution in [0.25, 0.3) is 0 Å². The molecule has 0 amide bonds. The highest BCUT2D eigenvalue weighted by Gasteiger charge is 2.29. The van der Waals surface area contributed by atoms with Gasteiger partial charge in [0.25, 0.3) is 0 Å². The predicted octanol–water partition coefficient (Wildman–Crippen LogP) is 2.22. The van der Waals surface area contributed by atoms with E-state index in [1.165, 1.54) is 44.3 Å². The van der Waals surface area contributed by atoms with Gasteiger partial charge in [0, 0.05) is 26.1 Å². The molecule has 0 radical (unpaired) electrons. The zero-order valence-corrected chi connectivity index (χ0v) is 12.5. The monoisotopic (exact) mass is 278 g/mol. The number of ether oxygens (including phenoxy) is 1. The molecule has 2 aliphatic rings. The first kappa shape index (κ1) is 14.0. The highest BCUT2D eigenvalue weighted by atomic mass is 16.5. The summed E-state index contributed by atoms with van der Waals surface area (Å²) in [6.07, 6.45) is 9.57. The lowest BCUT2D eigenvalue weighted by atomic mass is 9.95. The van der Waals surface area contributed by atoms with E-state index in [2.05, 4.69) is 19.7 Å². The van der Waals surface area contributed by atoms with E-state index in [4.69, 9.17) is 4.74 Å². The second kappa shape index (κ2) is 6.68. The van der Waals surface area contributed by atoms with Gasteiger partial charge in [0.1, 0.15) is 12.2 Å². The highest BCUT2D eigenvalue weighted by molar-refractivity contribution is 5.02. The molecule has 0 aromatic carbocycles. The van der Waals surface area contributed by atoms with Crippen molar-refractivity contribution in [1.29, 1.82) is 0 Å². The molecule has 1 saturated carbocycles. The summed E-state index contributed by atoms with van der Waals surface area (Å²) in [6, 6.07) is 0.592. The zero-order chi connectivity index (χ0) is 13.8. The van der Waals surface area contributed by atoms with Crippen LogP contribution in [0.4, 0.5) is 0 Å². The standard InChI is InChI=1S/C15H26N4O/c1-20-10-9-18-8-7-13(11-18)15-16-12-17-19(15)14-5-3-2-4-6-14/h12-14H,2-11H2,1H3/t13-/m0/s1. The molecule has 1 aliphatic heterocycles. The van der Waals surface area contributed by atoms with Crippen molar-refractivity contribution in [3.05, 3.63) is 12.2 Å². The van der Waals surface area contributed by atoms with Crippen LogP contribution < -0.4 is 0 Å². The van der Waals surface area contributed by atoms with Gasteiger partial charge in [-0.15, -0.1) is 0 Å². The van der Waals surface area contributed by atoms with Crippen LogP contribution in [0, 0.1) is 0 Å². The molecule has 1 atom stereocenters.